The van der Waals surface area contributed by atoms with Crippen LogP contribution in [0.5, 0.6) is 0 Å². The Morgan fingerprint density at radius 2 is 2.11 bits per heavy atom. The van der Waals surface area contributed by atoms with Gasteiger partial charge < -0.3 is 15.2 Å². The third kappa shape index (κ3) is 2.19. The third-order valence-electron chi connectivity index (χ3n) is 2.80. The Labute approximate surface area is 102 Å². The lowest BCUT2D eigenvalue weighted by molar-refractivity contribution is -0.129. The van der Waals surface area contributed by atoms with E-state index in [9.17, 15) is 13.6 Å². The summed E-state index contributed by atoms with van der Waals surface area (Å²) in [4.78, 5) is 18.3. The van der Waals surface area contributed by atoms with Crippen molar-refractivity contribution >= 4 is 17.5 Å². The van der Waals surface area contributed by atoms with Gasteiger partial charge in [0.25, 0.3) is 0 Å². The molecule has 0 atom stereocenters. The van der Waals surface area contributed by atoms with Crippen molar-refractivity contribution in [2.24, 2.45) is 5.84 Å². The number of nitrogens with two attached hydrogens (primary N) is 1. The molecule has 2 heterocycles. The van der Waals surface area contributed by atoms with Crippen LogP contribution in [0, 0.1) is 11.6 Å². The van der Waals surface area contributed by atoms with Crippen molar-refractivity contribution in [2.45, 2.75) is 0 Å². The first-order valence-corrected chi connectivity index (χ1v) is 5.34. The highest BCUT2D eigenvalue weighted by atomic mass is 19.1. The number of hydrogen-bond acceptors (Lipinski definition) is 5. The Balaban J connectivity index is 2.30. The topological polar surface area (TPSA) is 74.5 Å². The maximum Gasteiger partial charge on any atom is 0.241 e. The van der Waals surface area contributed by atoms with Gasteiger partial charge in [-0.3, -0.25) is 4.79 Å². The van der Waals surface area contributed by atoms with E-state index in [0.29, 0.717) is 19.2 Å². The number of carbonyl (C=O) groups is 1. The number of hydrogen-bond donors (Lipinski definition) is 2. The molecule has 0 saturated carbocycles. The lowest BCUT2D eigenvalue weighted by Crippen LogP contribution is -2.49. The lowest BCUT2D eigenvalue weighted by atomic mass is 10.3. The number of nitrogens with zero attached hydrogens (tertiary/aromatic N) is 3. The normalized spacial score (nSPS) is 16.1. The number of hydrazine groups is 1. The van der Waals surface area contributed by atoms with E-state index in [-0.39, 0.29) is 24.1 Å². The molecule has 2 rings (SSSR count). The van der Waals surface area contributed by atoms with Gasteiger partial charge in [-0.15, -0.1) is 0 Å². The highest BCUT2D eigenvalue weighted by molar-refractivity contribution is 5.82. The highest BCUT2D eigenvalue weighted by Gasteiger charge is 2.25. The van der Waals surface area contributed by atoms with Crippen LogP contribution in [0.25, 0.3) is 0 Å². The highest BCUT2D eigenvalue weighted by Crippen LogP contribution is 2.22. The molecule has 6 nitrogen and oxygen atoms in total. The Morgan fingerprint density at radius 1 is 1.39 bits per heavy atom. The molecule has 0 aromatic carbocycles. The van der Waals surface area contributed by atoms with Gasteiger partial charge in [0.05, 0.1) is 6.54 Å². The molecule has 18 heavy (non-hydrogen) atoms. The molecule has 0 unspecified atom stereocenters. The zero-order chi connectivity index (χ0) is 13.3. The number of rotatable bonds is 2. The number of likely N-dealkylation sites (N-methyl/N-ethyl adjacent to an activating group) is 1. The molecule has 1 aliphatic heterocycles. The number of piperazine rings is 1. The number of carbonyl (C=O) groups excluding carboxylic acids is 1. The predicted molar refractivity (Wildman–Crippen MR) is 61.8 cm³/mol. The average Bonchev–Trinajstić information content (AvgIpc) is 2.33. The van der Waals surface area contributed by atoms with Crippen LogP contribution >= 0.6 is 0 Å². The van der Waals surface area contributed by atoms with E-state index in [2.05, 4.69) is 4.98 Å². The zero-order valence-electron chi connectivity index (χ0n) is 9.78. The molecular formula is C10H13F2N5O. The van der Waals surface area contributed by atoms with Crippen molar-refractivity contribution < 1.29 is 13.6 Å². The van der Waals surface area contributed by atoms with Crippen molar-refractivity contribution in [3.05, 3.63) is 17.7 Å². The van der Waals surface area contributed by atoms with Gasteiger partial charge in [0, 0.05) is 26.2 Å². The van der Waals surface area contributed by atoms with Crippen LogP contribution in [0.1, 0.15) is 0 Å². The third-order valence-corrected chi connectivity index (χ3v) is 2.80. The molecule has 1 amide bonds. The minimum atomic E-state index is -0.876. The van der Waals surface area contributed by atoms with Gasteiger partial charge in [0.2, 0.25) is 5.91 Å². The van der Waals surface area contributed by atoms with Crippen molar-refractivity contribution in [1.29, 1.82) is 0 Å². The second-order valence-electron chi connectivity index (χ2n) is 4.01. The van der Waals surface area contributed by atoms with E-state index < -0.39 is 11.6 Å². The number of aromatic nitrogens is 1. The molecule has 0 spiro atoms. The number of anilines is 2. The van der Waals surface area contributed by atoms with E-state index in [4.69, 9.17) is 5.84 Å². The Morgan fingerprint density at radius 3 is 2.72 bits per heavy atom. The van der Waals surface area contributed by atoms with Gasteiger partial charge >= 0.3 is 0 Å². The monoisotopic (exact) mass is 257 g/mol. The minimum Gasteiger partial charge on any atom is -0.343 e. The van der Waals surface area contributed by atoms with Crippen LogP contribution in [0.4, 0.5) is 20.4 Å². The summed E-state index contributed by atoms with van der Waals surface area (Å²) in [6, 6.07) is 0.695. The molecule has 3 N–H and O–H groups in total. The summed E-state index contributed by atoms with van der Waals surface area (Å²) in [5.74, 6) is 2.91. The molecule has 1 fully saturated rings. The summed E-state index contributed by atoms with van der Waals surface area (Å²) in [7, 11) is 1.67. The molecule has 98 valence electrons. The van der Waals surface area contributed by atoms with Crippen LogP contribution < -0.4 is 16.2 Å². The van der Waals surface area contributed by atoms with E-state index in [1.807, 2.05) is 5.43 Å². The van der Waals surface area contributed by atoms with Gasteiger partial charge in [-0.05, 0) is 0 Å². The number of halogens is 2. The smallest absolute Gasteiger partial charge is 0.241 e. The van der Waals surface area contributed by atoms with Crippen LogP contribution in [-0.4, -0.2) is 42.5 Å². The van der Waals surface area contributed by atoms with Crippen molar-refractivity contribution in [3.8, 4) is 0 Å². The van der Waals surface area contributed by atoms with E-state index in [1.54, 1.807) is 11.9 Å². The first-order chi connectivity index (χ1) is 8.52. The molecule has 1 aliphatic rings. The van der Waals surface area contributed by atoms with E-state index in [0.717, 1.165) is 0 Å². The lowest BCUT2D eigenvalue weighted by Gasteiger charge is -2.32. The van der Waals surface area contributed by atoms with Crippen molar-refractivity contribution in [2.75, 3.05) is 37.0 Å². The first kappa shape index (κ1) is 12.5. The second-order valence-corrected chi connectivity index (χ2v) is 4.01. The summed E-state index contributed by atoms with van der Waals surface area (Å²) >= 11 is 0. The Kier molecular flexibility index (Phi) is 3.28. The maximum absolute atomic E-state index is 13.6. The van der Waals surface area contributed by atoms with Gasteiger partial charge in [-0.2, -0.15) is 0 Å². The van der Waals surface area contributed by atoms with Gasteiger partial charge in [-0.25, -0.2) is 19.6 Å². The summed E-state index contributed by atoms with van der Waals surface area (Å²) in [5, 5.41) is 0. The fourth-order valence-electron chi connectivity index (χ4n) is 1.72. The number of nitrogens with one attached hydrogen (secondary N) is 1. The van der Waals surface area contributed by atoms with Gasteiger partial charge in [-0.1, -0.05) is 0 Å². The summed E-state index contributed by atoms with van der Waals surface area (Å²) in [6.07, 6.45) is 0. The first-order valence-electron chi connectivity index (χ1n) is 5.34. The van der Waals surface area contributed by atoms with Crippen LogP contribution in [0.3, 0.4) is 0 Å². The van der Waals surface area contributed by atoms with Crippen molar-refractivity contribution in [3.63, 3.8) is 0 Å². The summed E-state index contributed by atoms with van der Waals surface area (Å²) in [5.41, 5.74) is 2.05. The Bertz CT molecular complexity index is 482. The SMILES string of the molecule is CN1CCN(c2nc(NN)c(F)cc2F)CC1=O. The van der Waals surface area contributed by atoms with Crippen LogP contribution in [-0.2, 0) is 4.79 Å². The largest absolute Gasteiger partial charge is 0.343 e. The maximum atomic E-state index is 13.6. The Hall–Kier alpha value is -1.96. The number of amides is 1. The van der Waals surface area contributed by atoms with E-state index >= 15 is 0 Å². The van der Waals surface area contributed by atoms with Crippen LogP contribution in [0.15, 0.2) is 6.07 Å². The molecule has 0 aliphatic carbocycles. The quantitative estimate of drug-likeness (QED) is 0.573. The molecular weight excluding hydrogens is 244 g/mol. The van der Waals surface area contributed by atoms with Gasteiger partial charge in [0.15, 0.2) is 23.3 Å². The number of nitrogen functional groups attached to an aromatic ring is 1. The molecule has 0 radical (unpaired) electrons. The van der Waals surface area contributed by atoms with Crippen molar-refractivity contribution in [1.82, 2.24) is 9.88 Å². The average molecular weight is 257 g/mol. The molecule has 1 saturated heterocycles. The zero-order valence-corrected chi connectivity index (χ0v) is 9.78. The predicted octanol–water partition coefficient (Wildman–Crippen LogP) is -0.0762. The number of pyridine rings is 1. The van der Waals surface area contributed by atoms with Gasteiger partial charge in [0.1, 0.15) is 0 Å². The fraction of sp³-hybridized carbons (Fsp3) is 0.400. The van der Waals surface area contributed by atoms with Crippen LogP contribution in [0.2, 0.25) is 0 Å². The second kappa shape index (κ2) is 4.73. The van der Waals surface area contributed by atoms with E-state index in [1.165, 1.54) is 4.90 Å². The molecule has 1 aromatic heterocycles. The molecule has 0 bridgehead atoms. The minimum absolute atomic E-state index is 0.00998. The standard InChI is InChI=1S/C10H13F2N5O/c1-16-2-3-17(5-8(16)18)10-7(12)4-6(11)9(14-10)15-13/h4H,2-3,5,13H2,1H3,(H,14,15). The molecule has 8 heteroatoms. The molecule has 1 aromatic rings. The summed E-state index contributed by atoms with van der Waals surface area (Å²) < 4.78 is 26.8. The fourth-order valence-corrected chi connectivity index (χ4v) is 1.72. The summed E-state index contributed by atoms with van der Waals surface area (Å²) in [6.45, 7) is 0.903.